The summed E-state index contributed by atoms with van der Waals surface area (Å²) >= 11 is 0. The topological polar surface area (TPSA) is 66.8 Å². The van der Waals surface area contributed by atoms with E-state index in [1.165, 1.54) is 7.11 Å². The first kappa shape index (κ1) is 15.6. The van der Waals surface area contributed by atoms with Crippen LogP contribution in [0.25, 0.3) is 0 Å². The summed E-state index contributed by atoms with van der Waals surface area (Å²) in [5, 5.41) is 16.6. The Labute approximate surface area is 85.2 Å². The number of hydrogen-bond donors (Lipinski definition) is 2. The summed E-state index contributed by atoms with van der Waals surface area (Å²) in [5.41, 5.74) is 0. The fraction of sp³-hybridized carbons (Fsp3) is 0.700. The van der Waals surface area contributed by atoms with E-state index in [1.54, 1.807) is 0 Å². The summed E-state index contributed by atoms with van der Waals surface area (Å²) in [6.45, 7) is 3.72. The molecule has 0 aromatic heterocycles. The first-order valence-corrected chi connectivity index (χ1v) is 4.65. The molecule has 0 saturated carbocycles. The van der Waals surface area contributed by atoms with Crippen molar-refractivity contribution in [2.24, 2.45) is 0 Å². The van der Waals surface area contributed by atoms with Gasteiger partial charge in [0.25, 0.3) is 0 Å². The SMILES string of the molecule is C=CC(=O)OC.OCCCCCCO. The maximum absolute atomic E-state index is 9.84. The molecule has 0 fully saturated rings. The molecule has 0 aliphatic rings. The van der Waals surface area contributed by atoms with Crippen molar-refractivity contribution in [1.82, 2.24) is 0 Å². The fourth-order valence-electron chi connectivity index (χ4n) is 0.660. The normalized spacial score (nSPS) is 8.50. The van der Waals surface area contributed by atoms with Crippen LogP contribution in [0.15, 0.2) is 12.7 Å². The van der Waals surface area contributed by atoms with Crippen molar-refractivity contribution in [3.63, 3.8) is 0 Å². The van der Waals surface area contributed by atoms with E-state index in [9.17, 15) is 4.79 Å². The van der Waals surface area contributed by atoms with Crippen LogP contribution in [0, 0.1) is 0 Å². The van der Waals surface area contributed by atoms with E-state index in [2.05, 4.69) is 11.3 Å². The van der Waals surface area contributed by atoms with Crippen molar-refractivity contribution >= 4 is 5.97 Å². The van der Waals surface area contributed by atoms with Crippen molar-refractivity contribution in [1.29, 1.82) is 0 Å². The summed E-state index contributed by atoms with van der Waals surface area (Å²) in [7, 11) is 1.31. The maximum Gasteiger partial charge on any atom is 0.329 e. The van der Waals surface area contributed by atoms with Gasteiger partial charge >= 0.3 is 5.97 Å². The van der Waals surface area contributed by atoms with Gasteiger partial charge < -0.3 is 14.9 Å². The third-order valence-electron chi connectivity index (χ3n) is 1.43. The van der Waals surface area contributed by atoms with Gasteiger partial charge in [-0.1, -0.05) is 19.4 Å². The average Bonchev–Trinajstić information content (AvgIpc) is 2.24. The van der Waals surface area contributed by atoms with E-state index in [4.69, 9.17) is 10.2 Å². The Balaban J connectivity index is 0. The largest absolute Gasteiger partial charge is 0.466 e. The number of aliphatic hydroxyl groups is 2. The Kier molecular flexibility index (Phi) is 16.3. The summed E-state index contributed by atoms with van der Waals surface area (Å²) in [4.78, 5) is 9.84. The molecular weight excluding hydrogens is 184 g/mol. The van der Waals surface area contributed by atoms with Gasteiger partial charge in [-0.15, -0.1) is 0 Å². The summed E-state index contributed by atoms with van der Waals surface area (Å²) < 4.78 is 4.14. The van der Waals surface area contributed by atoms with Crippen molar-refractivity contribution in [2.75, 3.05) is 20.3 Å². The van der Waals surface area contributed by atoms with Gasteiger partial charge in [0.15, 0.2) is 0 Å². The van der Waals surface area contributed by atoms with Gasteiger partial charge in [0.05, 0.1) is 7.11 Å². The van der Waals surface area contributed by atoms with E-state index in [0.29, 0.717) is 0 Å². The van der Waals surface area contributed by atoms with E-state index in [0.717, 1.165) is 31.8 Å². The Morgan fingerprint density at radius 2 is 1.64 bits per heavy atom. The summed E-state index contributed by atoms with van der Waals surface area (Å²) in [5.74, 6) is -0.394. The Hall–Kier alpha value is -0.870. The second-order valence-corrected chi connectivity index (χ2v) is 2.59. The Morgan fingerprint density at radius 3 is 1.79 bits per heavy atom. The number of unbranched alkanes of at least 4 members (excludes halogenated alkanes) is 3. The van der Waals surface area contributed by atoms with Crippen LogP contribution < -0.4 is 0 Å². The third kappa shape index (κ3) is 17.3. The zero-order valence-corrected chi connectivity index (χ0v) is 8.74. The van der Waals surface area contributed by atoms with Crippen molar-refractivity contribution < 1.29 is 19.7 Å². The Morgan fingerprint density at radius 1 is 1.21 bits per heavy atom. The second kappa shape index (κ2) is 14.6. The highest BCUT2D eigenvalue weighted by Crippen LogP contribution is 1.96. The highest BCUT2D eigenvalue weighted by molar-refractivity contribution is 5.80. The number of ether oxygens (including phenoxy) is 1. The minimum absolute atomic E-state index is 0.283. The number of esters is 1. The molecule has 84 valence electrons. The smallest absolute Gasteiger partial charge is 0.329 e. The lowest BCUT2D eigenvalue weighted by molar-refractivity contribution is -0.134. The van der Waals surface area contributed by atoms with Gasteiger partial charge in [0.2, 0.25) is 0 Å². The molecule has 0 amide bonds. The molecule has 0 radical (unpaired) electrons. The monoisotopic (exact) mass is 204 g/mol. The quantitative estimate of drug-likeness (QED) is 0.383. The molecule has 0 bridgehead atoms. The lowest BCUT2D eigenvalue weighted by atomic mass is 10.2. The number of methoxy groups -OCH3 is 1. The third-order valence-corrected chi connectivity index (χ3v) is 1.43. The zero-order chi connectivity index (χ0) is 11.2. The zero-order valence-electron chi connectivity index (χ0n) is 8.74. The van der Waals surface area contributed by atoms with Gasteiger partial charge in [-0.3, -0.25) is 0 Å². The molecule has 4 heteroatoms. The number of hydrogen-bond acceptors (Lipinski definition) is 4. The van der Waals surface area contributed by atoms with Gasteiger partial charge in [0, 0.05) is 19.3 Å². The molecule has 0 unspecified atom stereocenters. The van der Waals surface area contributed by atoms with Crippen molar-refractivity contribution in [2.45, 2.75) is 25.7 Å². The molecule has 0 rings (SSSR count). The number of carbonyl (C=O) groups excluding carboxylic acids is 1. The van der Waals surface area contributed by atoms with Crippen LogP contribution in [0.3, 0.4) is 0 Å². The van der Waals surface area contributed by atoms with Gasteiger partial charge in [-0.05, 0) is 12.8 Å². The minimum atomic E-state index is -0.394. The van der Waals surface area contributed by atoms with Crippen LogP contribution in [0.5, 0.6) is 0 Å². The molecule has 2 N–H and O–H groups in total. The van der Waals surface area contributed by atoms with E-state index >= 15 is 0 Å². The highest BCUT2D eigenvalue weighted by atomic mass is 16.5. The molecule has 0 aromatic carbocycles. The standard InChI is InChI=1S/C6H14O2.C4H6O2/c7-5-3-1-2-4-6-8;1-3-4(5)6-2/h7-8H,1-6H2;3H,1H2,2H3. The lowest BCUT2D eigenvalue weighted by Crippen LogP contribution is -1.91. The highest BCUT2D eigenvalue weighted by Gasteiger charge is 1.84. The second-order valence-electron chi connectivity index (χ2n) is 2.59. The molecule has 0 spiro atoms. The van der Waals surface area contributed by atoms with E-state index in [-0.39, 0.29) is 13.2 Å². The molecule has 0 aromatic rings. The lowest BCUT2D eigenvalue weighted by Gasteiger charge is -1.93. The van der Waals surface area contributed by atoms with Crippen LogP contribution in [0.2, 0.25) is 0 Å². The number of rotatable bonds is 6. The van der Waals surface area contributed by atoms with Gasteiger partial charge in [0.1, 0.15) is 0 Å². The van der Waals surface area contributed by atoms with E-state index < -0.39 is 5.97 Å². The minimum Gasteiger partial charge on any atom is -0.466 e. The first-order valence-electron chi connectivity index (χ1n) is 4.65. The molecule has 0 heterocycles. The number of carbonyl (C=O) groups is 1. The molecule has 0 aliphatic heterocycles. The van der Waals surface area contributed by atoms with E-state index in [1.807, 2.05) is 0 Å². The van der Waals surface area contributed by atoms with Gasteiger partial charge in [-0.25, -0.2) is 4.79 Å². The molecule has 14 heavy (non-hydrogen) atoms. The van der Waals surface area contributed by atoms with Crippen LogP contribution in [0.4, 0.5) is 0 Å². The molecule has 0 saturated heterocycles. The molecule has 0 atom stereocenters. The fourth-order valence-corrected chi connectivity index (χ4v) is 0.660. The van der Waals surface area contributed by atoms with Crippen LogP contribution in [-0.2, 0) is 9.53 Å². The summed E-state index contributed by atoms with van der Waals surface area (Å²) in [6, 6.07) is 0. The average molecular weight is 204 g/mol. The predicted molar refractivity (Wildman–Crippen MR) is 54.9 cm³/mol. The molecule has 0 aliphatic carbocycles. The van der Waals surface area contributed by atoms with Gasteiger partial charge in [-0.2, -0.15) is 0 Å². The first-order chi connectivity index (χ1) is 6.72. The summed E-state index contributed by atoms with van der Waals surface area (Å²) in [6.07, 6.45) is 4.94. The number of aliphatic hydroxyl groups excluding tert-OH is 2. The van der Waals surface area contributed by atoms with Crippen LogP contribution in [-0.4, -0.2) is 36.5 Å². The molecule has 4 nitrogen and oxygen atoms in total. The Bertz CT molecular complexity index is 128. The maximum atomic E-state index is 9.84. The van der Waals surface area contributed by atoms with Crippen molar-refractivity contribution in [3.05, 3.63) is 12.7 Å². The van der Waals surface area contributed by atoms with Crippen molar-refractivity contribution in [3.8, 4) is 0 Å². The predicted octanol–water partition coefficient (Wildman–Crippen LogP) is 0.877. The van der Waals surface area contributed by atoms with Crippen LogP contribution >= 0.6 is 0 Å². The van der Waals surface area contributed by atoms with Crippen LogP contribution in [0.1, 0.15) is 25.7 Å². The molecular formula is C10H20O4.